The number of aryl methyl sites for hydroxylation is 1. The molecule has 2 N–H and O–H groups in total. The number of benzene rings is 1. The van der Waals surface area contributed by atoms with Crippen molar-refractivity contribution < 1.29 is 14.2 Å². The molecule has 0 bridgehead atoms. The lowest BCUT2D eigenvalue weighted by Crippen LogP contribution is -1.95. The van der Waals surface area contributed by atoms with Crippen LogP contribution in [0.15, 0.2) is 30.5 Å². The second kappa shape index (κ2) is 5.48. The molecular formula is C14H16N2O3. The van der Waals surface area contributed by atoms with Gasteiger partial charge in [0.25, 0.3) is 0 Å². The number of anilines is 1. The highest BCUT2D eigenvalue weighted by Crippen LogP contribution is 2.30. The fourth-order valence-electron chi connectivity index (χ4n) is 1.54. The summed E-state index contributed by atoms with van der Waals surface area (Å²) in [5.74, 6) is 2.30. The van der Waals surface area contributed by atoms with Crippen molar-refractivity contribution in [3.63, 3.8) is 0 Å². The van der Waals surface area contributed by atoms with Crippen LogP contribution in [0.5, 0.6) is 23.1 Å². The summed E-state index contributed by atoms with van der Waals surface area (Å²) in [6, 6.07) is 6.95. The first kappa shape index (κ1) is 13.0. The smallest absolute Gasteiger partial charge is 0.221 e. The Hall–Kier alpha value is -2.43. The second-order valence-corrected chi connectivity index (χ2v) is 4.03. The number of nitrogens with zero attached hydrogens (tertiary/aromatic N) is 1. The predicted molar refractivity (Wildman–Crippen MR) is 73.0 cm³/mol. The van der Waals surface area contributed by atoms with Crippen LogP contribution in [0.2, 0.25) is 0 Å². The summed E-state index contributed by atoms with van der Waals surface area (Å²) in [7, 11) is 3.17. The Morgan fingerprint density at radius 3 is 2.05 bits per heavy atom. The third kappa shape index (κ3) is 3.07. The lowest BCUT2D eigenvalue weighted by Gasteiger charge is -2.10. The topological polar surface area (TPSA) is 66.6 Å². The Kier molecular flexibility index (Phi) is 3.75. The van der Waals surface area contributed by atoms with Crippen molar-refractivity contribution in [2.24, 2.45) is 0 Å². The maximum absolute atomic E-state index is 5.82. The van der Waals surface area contributed by atoms with E-state index in [2.05, 4.69) is 4.98 Å². The molecule has 0 aliphatic carbocycles. The molecule has 100 valence electrons. The van der Waals surface area contributed by atoms with Crippen LogP contribution in [0, 0.1) is 6.92 Å². The molecule has 0 radical (unpaired) electrons. The van der Waals surface area contributed by atoms with Crippen molar-refractivity contribution >= 4 is 5.69 Å². The number of hydrogen-bond donors (Lipinski definition) is 1. The molecule has 0 atom stereocenters. The van der Waals surface area contributed by atoms with Gasteiger partial charge in [-0.1, -0.05) is 0 Å². The largest absolute Gasteiger partial charge is 0.496 e. The molecule has 0 saturated heterocycles. The summed E-state index contributed by atoms with van der Waals surface area (Å²) >= 11 is 0. The zero-order valence-electron chi connectivity index (χ0n) is 11.1. The maximum atomic E-state index is 5.82. The molecule has 0 saturated carbocycles. The van der Waals surface area contributed by atoms with Crippen LogP contribution >= 0.6 is 0 Å². The van der Waals surface area contributed by atoms with Crippen LogP contribution < -0.4 is 19.9 Å². The van der Waals surface area contributed by atoms with Crippen molar-refractivity contribution in [2.75, 3.05) is 20.0 Å². The zero-order valence-corrected chi connectivity index (χ0v) is 11.1. The average Bonchev–Trinajstić information content (AvgIpc) is 2.42. The number of ether oxygens (including phenoxy) is 3. The van der Waals surface area contributed by atoms with E-state index in [0.29, 0.717) is 28.8 Å². The lowest BCUT2D eigenvalue weighted by molar-refractivity contribution is 0.385. The van der Waals surface area contributed by atoms with E-state index in [1.807, 2.05) is 6.92 Å². The van der Waals surface area contributed by atoms with Crippen LogP contribution in [-0.2, 0) is 0 Å². The van der Waals surface area contributed by atoms with Gasteiger partial charge < -0.3 is 19.9 Å². The Bertz CT molecular complexity index is 563. The molecule has 0 aliphatic rings. The molecular weight excluding hydrogens is 244 g/mol. The first-order valence-electron chi connectivity index (χ1n) is 5.75. The third-order valence-electron chi connectivity index (χ3n) is 2.67. The van der Waals surface area contributed by atoms with Gasteiger partial charge in [0.05, 0.1) is 14.2 Å². The first-order chi connectivity index (χ1) is 9.12. The Morgan fingerprint density at radius 1 is 0.947 bits per heavy atom. The van der Waals surface area contributed by atoms with E-state index in [1.165, 1.54) is 0 Å². The van der Waals surface area contributed by atoms with Crippen molar-refractivity contribution in [1.82, 2.24) is 4.98 Å². The molecule has 19 heavy (non-hydrogen) atoms. The summed E-state index contributed by atoms with van der Waals surface area (Å²) < 4.78 is 16.0. The van der Waals surface area contributed by atoms with E-state index in [1.54, 1.807) is 44.7 Å². The molecule has 1 heterocycles. The second-order valence-electron chi connectivity index (χ2n) is 4.03. The number of rotatable bonds is 4. The van der Waals surface area contributed by atoms with Crippen molar-refractivity contribution in [3.05, 3.63) is 36.0 Å². The highest BCUT2D eigenvalue weighted by molar-refractivity contribution is 5.49. The number of hydrogen-bond acceptors (Lipinski definition) is 5. The highest BCUT2D eigenvalue weighted by atomic mass is 16.5. The normalized spacial score (nSPS) is 10.1. The Labute approximate surface area is 111 Å². The number of pyridine rings is 1. The fraction of sp³-hybridized carbons (Fsp3) is 0.214. The minimum Gasteiger partial charge on any atom is -0.496 e. The molecule has 2 aromatic rings. The van der Waals surface area contributed by atoms with Crippen LogP contribution in [0.1, 0.15) is 5.56 Å². The van der Waals surface area contributed by atoms with Crippen LogP contribution in [0.3, 0.4) is 0 Å². The number of nitrogen functional groups attached to an aromatic ring is 1. The van der Waals surface area contributed by atoms with Crippen molar-refractivity contribution in [1.29, 1.82) is 0 Å². The summed E-state index contributed by atoms with van der Waals surface area (Å²) in [6.45, 7) is 1.89. The summed E-state index contributed by atoms with van der Waals surface area (Å²) in [5, 5.41) is 0. The molecule has 0 aliphatic heterocycles. The summed E-state index contributed by atoms with van der Waals surface area (Å²) in [6.07, 6.45) is 1.67. The molecule has 0 amide bonds. The van der Waals surface area contributed by atoms with Crippen molar-refractivity contribution in [2.45, 2.75) is 6.92 Å². The molecule has 0 spiro atoms. The van der Waals surface area contributed by atoms with Gasteiger partial charge in [-0.05, 0) is 12.5 Å². The quantitative estimate of drug-likeness (QED) is 0.915. The van der Waals surface area contributed by atoms with Gasteiger partial charge in [-0.15, -0.1) is 0 Å². The van der Waals surface area contributed by atoms with Gasteiger partial charge in [-0.25, -0.2) is 4.98 Å². The number of methoxy groups -OCH3 is 2. The van der Waals surface area contributed by atoms with E-state index in [0.717, 1.165) is 5.56 Å². The van der Waals surface area contributed by atoms with Crippen LogP contribution in [0.4, 0.5) is 5.69 Å². The van der Waals surface area contributed by atoms with Crippen LogP contribution in [-0.4, -0.2) is 19.2 Å². The Morgan fingerprint density at radius 2 is 1.53 bits per heavy atom. The molecule has 0 unspecified atom stereocenters. The van der Waals surface area contributed by atoms with Crippen LogP contribution in [0.25, 0.3) is 0 Å². The summed E-state index contributed by atoms with van der Waals surface area (Å²) in [5.41, 5.74) is 7.37. The number of nitrogens with two attached hydrogens (primary N) is 1. The molecule has 5 nitrogen and oxygen atoms in total. The monoisotopic (exact) mass is 260 g/mol. The maximum Gasteiger partial charge on any atom is 0.221 e. The van der Waals surface area contributed by atoms with E-state index in [-0.39, 0.29) is 0 Å². The van der Waals surface area contributed by atoms with Gasteiger partial charge in [0.15, 0.2) is 0 Å². The summed E-state index contributed by atoms with van der Waals surface area (Å²) in [4.78, 5) is 4.16. The molecule has 0 fully saturated rings. The average molecular weight is 260 g/mol. The van der Waals surface area contributed by atoms with E-state index >= 15 is 0 Å². The first-order valence-corrected chi connectivity index (χ1v) is 5.75. The predicted octanol–water partition coefficient (Wildman–Crippen LogP) is 2.78. The van der Waals surface area contributed by atoms with Gasteiger partial charge in [-0.3, -0.25) is 0 Å². The fourth-order valence-corrected chi connectivity index (χ4v) is 1.54. The zero-order chi connectivity index (χ0) is 13.8. The Balaban J connectivity index is 2.29. The van der Waals surface area contributed by atoms with Gasteiger partial charge in [0.1, 0.15) is 17.2 Å². The molecule has 2 rings (SSSR count). The lowest BCUT2D eigenvalue weighted by atomic mass is 10.2. The minimum absolute atomic E-state index is 0.429. The van der Waals surface area contributed by atoms with E-state index in [4.69, 9.17) is 19.9 Å². The molecule has 1 aromatic carbocycles. The standard InChI is InChI=1S/C14H16N2O3/c1-9-8-16-14(7-13(9)15)19-12-5-10(17-2)4-11(6-12)18-3/h4-8H,1-3H3,(H2,15,16). The molecule has 5 heteroatoms. The highest BCUT2D eigenvalue weighted by Gasteiger charge is 2.06. The van der Waals surface area contributed by atoms with Crippen molar-refractivity contribution in [3.8, 4) is 23.1 Å². The van der Waals surface area contributed by atoms with E-state index in [9.17, 15) is 0 Å². The van der Waals surface area contributed by atoms with Gasteiger partial charge in [0.2, 0.25) is 5.88 Å². The minimum atomic E-state index is 0.429. The molecule has 1 aromatic heterocycles. The van der Waals surface area contributed by atoms with Gasteiger partial charge in [0, 0.05) is 36.1 Å². The third-order valence-corrected chi connectivity index (χ3v) is 2.67. The number of aromatic nitrogens is 1. The van der Waals surface area contributed by atoms with Gasteiger partial charge >= 0.3 is 0 Å². The van der Waals surface area contributed by atoms with E-state index < -0.39 is 0 Å². The SMILES string of the molecule is COc1cc(OC)cc(Oc2cc(N)c(C)cn2)c1. The van der Waals surface area contributed by atoms with Gasteiger partial charge in [-0.2, -0.15) is 0 Å².